The number of rotatable bonds is 5. The van der Waals surface area contributed by atoms with E-state index in [9.17, 15) is 14.7 Å². The Balaban J connectivity index is 1.79. The van der Waals surface area contributed by atoms with Crippen LogP contribution in [0.25, 0.3) is 6.08 Å². The summed E-state index contributed by atoms with van der Waals surface area (Å²) in [4.78, 5) is 27.5. The Labute approximate surface area is 159 Å². The molecule has 3 rings (SSSR count). The summed E-state index contributed by atoms with van der Waals surface area (Å²) in [6, 6.07) is 11.8. The number of amides is 1. The molecular weight excluding hydrogens is 368 g/mol. The number of hydrogen-bond donors (Lipinski definition) is 3. The average Bonchev–Trinajstić information content (AvgIpc) is 2.96. The highest BCUT2D eigenvalue weighted by molar-refractivity contribution is 8.18. The Morgan fingerprint density at radius 2 is 2.11 bits per heavy atom. The highest BCUT2D eigenvalue weighted by atomic mass is 32.2. The number of amidine groups is 1. The SMILES string of the molecule is Cc1ccc(O)c(N=C2NC(=O)/C(=C\c3cccc(OCC(=O)O)c3)S2)c1. The number of phenolic OH excluding ortho intramolecular Hbond substituents is 1. The minimum absolute atomic E-state index is 0.0312. The quantitative estimate of drug-likeness (QED) is 0.684. The third-order valence-electron chi connectivity index (χ3n) is 3.52. The van der Waals surface area contributed by atoms with Crippen molar-refractivity contribution in [1.29, 1.82) is 0 Å². The number of nitrogens with one attached hydrogen (secondary N) is 1. The minimum Gasteiger partial charge on any atom is -0.506 e. The van der Waals surface area contributed by atoms with Gasteiger partial charge < -0.3 is 20.3 Å². The van der Waals surface area contributed by atoms with Gasteiger partial charge in [0.2, 0.25) is 0 Å². The lowest BCUT2D eigenvalue weighted by Gasteiger charge is -2.03. The van der Waals surface area contributed by atoms with Gasteiger partial charge in [-0.2, -0.15) is 0 Å². The van der Waals surface area contributed by atoms with Crippen LogP contribution in [-0.2, 0) is 9.59 Å². The molecule has 1 fully saturated rings. The van der Waals surface area contributed by atoms with Gasteiger partial charge in [-0.15, -0.1) is 0 Å². The molecule has 0 spiro atoms. The van der Waals surface area contributed by atoms with Crippen LogP contribution >= 0.6 is 11.8 Å². The van der Waals surface area contributed by atoms with Gasteiger partial charge >= 0.3 is 5.97 Å². The molecule has 3 N–H and O–H groups in total. The Morgan fingerprint density at radius 3 is 2.89 bits per heavy atom. The van der Waals surface area contributed by atoms with Gasteiger partial charge in [0.25, 0.3) is 5.91 Å². The molecule has 27 heavy (non-hydrogen) atoms. The molecule has 0 atom stereocenters. The molecule has 1 heterocycles. The highest BCUT2D eigenvalue weighted by Gasteiger charge is 2.24. The molecule has 1 aliphatic rings. The van der Waals surface area contributed by atoms with E-state index in [4.69, 9.17) is 9.84 Å². The smallest absolute Gasteiger partial charge is 0.341 e. The number of carbonyl (C=O) groups is 2. The van der Waals surface area contributed by atoms with Crippen LogP contribution < -0.4 is 10.1 Å². The number of aliphatic imine (C=N–C) groups is 1. The minimum atomic E-state index is -1.07. The summed E-state index contributed by atoms with van der Waals surface area (Å²) < 4.78 is 5.14. The maximum Gasteiger partial charge on any atom is 0.341 e. The van der Waals surface area contributed by atoms with E-state index >= 15 is 0 Å². The fourth-order valence-corrected chi connectivity index (χ4v) is 3.14. The number of carbonyl (C=O) groups excluding carboxylic acids is 1. The monoisotopic (exact) mass is 384 g/mol. The van der Waals surface area contributed by atoms with E-state index in [-0.39, 0.29) is 11.7 Å². The number of hydrogen-bond acceptors (Lipinski definition) is 6. The molecule has 138 valence electrons. The lowest BCUT2D eigenvalue weighted by molar-refractivity contribution is -0.139. The Hall–Kier alpha value is -3.26. The predicted molar refractivity (Wildman–Crippen MR) is 103 cm³/mol. The number of phenols is 1. The van der Waals surface area contributed by atoms with Gasteiger partial charge in [0.1, 0.15) is 17.2 Å². The third-order valence-corrected chi connectivity index (χ3v) is 4.43. The molecule has 2 aromatic carbocycles. The van der Waals surface area contributed by atoms with Crippen molar-refractivity contribution in [3.8, 4) is 11.5 Å². The maximum absolute atomic E-state index is 12.2. The van der Waals surface area contributed by atoms with Crippen molar-refractivity contribution >= 4 is 40.6 Å². The number of carboxylic acids is 1. The number of aliphatic carboxylic acids is 1. The lowest BCUT2D eigenvalue weighted by Crippen LogP contribution is -2.19. The second-order valence-corrected chi connectivity index (χ2v) is 6.76. The number of carboxylic acid groups (broad SMARTS) is 1. The summed E-state index contributed by atoms with van der Waals surface area (Å²) in [5, 5.41) is 21.6. The van der Waals surface area contributed by atoms with Crippen LogP contribution in [-0.4, -0.2) is 33.9 Å². The van der Waals surface area contributed by atoms with Crippen molar-refractivity contribution in [1.82, 2.24) is 5.32 Å². The molecule has 2 aromatic rings. The second-order valence-electron chi connectivity index (χ2n) is 5.73. The van der Waals surface area contributed by atoms with Crippen LogP contribution in [0.1, 0.15) is 11.1 Å². The first kappa shape index (κ1) is 18.5. The Kier molecular flexibility index (Phi) is 5.46. The zero-order chi connectivity index (χ0) is 19.4. The van der Waals surface area contributed by atoms with Crippen molar-refractivity contribution in [3.05, 3.63) is 58.5 Å². The van der Waals surface area contributed by atoms with Gasteiger partial charge in [-0.1, -0.05) is 18.2 Å². The van der Waals surface area contributed by atoms with Gasteiger partial charge in [0.15, 0.2) is 11.8 Å². The van der Waals surface area contributed by atoms with Crippen molar-refractivity contribution < 1.29 is 24.5 Å². The molecule has 0 bridgehead atoms. The molecule has 8 heteroatoms. The number of aromatic hydroxyl groups is 1. The fourth-order valence-electron chi connectivity index (χ4n) is 2.30. The van der Waals surface area contributed by atoms with Gasteiger partial charge in [-0.05, 0) is 60.2 Å². The zero-order valence-electron chi connectivity index (χ0n) is 14.3. The van der Waals surface area contributed by atoms with Crippen LogP contribution in [0.5, 0.6) is 11.5 Å². The Bertz CT molecular complexity index is 968. The zero-order valence-corrected chi connectivity index (χ0v) is 15.1. The fraction of sp³-hybridized carbons (Fsp3) is 0.105. The second kappa shape index (κ2) is 7.96. The lowest BCUT2D eigenvalue weighted by atomic mass is 10.2. The van der Waals surface area contributed by atoms with E-state index in [1.54, 1.807) is 48.5 Å². The molecule has 1 amide bonds. The molecule has 0 radical (unpaired) electrons. The maximum atomic E-state index is 12.2. The molecule has 0 saturated carbocycles. The number of thioether (sulfide) groups is 1. The van der Waals surface area contributed by atoms with E-state index in [2.05, 4.69) is 10.3 Å². The normalized spacial score (nSPS) is 16.6. The van der Waals surface area contributed by atoms with E-state index in [0.29, 0.717) is 27.1 Å². The first-order valence-electron chi connectivity index (χ1n) is 7.94. The van der Waals surface area contributed by atoms with Crippen molar-refractivity contribution in [3.63, 3.8) is 0 Å². The molecule has 0 unspecified atom stereocenters. The summed E-state index contributed by atoms with van der Waals surface area (Å²) in [5.74, 6) is -0.940. The topological polar surface area (TPSA) is 108 Å². The number of nitrogens with zero attached hydrogens (tertiary/aromatic N) is 1. The van der Waals surface area contributed by atoms with Crippen LogP contribution in [0.15, 0.2) is 52.4 Å². The molecular formula is C19H16N2O5S. The predicted octanol–water partition coefficient (Wildman–Crippen LogP) is 3.06. The third kappa shape index (κ3) is 4.89. The number of benzene rings is 2. The largest absolute Gasteiger partial charge is 0.506 e. The summed E-state index contributed by atoms with van der Waals surface area (Å²) >= 11 is 1.15. The molecule has 0 aromatic heterocycles. The molecule has 1 aliphatic heterocycles. The van der Waals surface area contributed by atoms with E-state index in [1.807, 2.05) is 6.92 Å². The number of ether oxygens (including phenoxy) is 1. The van der Waals surface area contributed by atoms with Crippen molar-refractivity contribution in [2.45, 2.75) is 6.92 Å². The van der Waals surface area contributed by atoms with E-state index in [0.717, 1.165) is 17.3 Å². The van der Waals surface area contributed by atoms with Crippen LogP contribution in [0.4, 0.5) is 5.69 Å². The Morgan fingerprint density at radius 1 is 1.30 bits per heavy atom. The summed E-state index contributed by atoms with van der Waals surface area (Å²) in [5.41, 5.74) is 2.01. The van der Waals surface area contributed by atoms with E-state index in [1.165, 1.54) is 0 Å². The van der Waals surface area contributed by atoms with Gasteiger partial charge in [-0.25, -0.2) is 9.79 Å². The van der Waals surface area contributed by atoms with Gasteiger partial charge in [-0.3, -0.25) is 4.79 Å². The van der Waals surface area contributed by atoms with Crippen LogP contribution in [0.3, 0.4) is 0 Å². The van der Waals surface area contributed by atoms with Gasteiger partial charge in [0.05, 0.1) is 4.91 Å². The average molecular weight is 384 g/mol. The van der Waals surface area contributed by atoms with E-state index < -0.39 is 12.6 Å². The first-order valence-corrected chi connectivity index (χ1v) is 8.76. The molecule has 7 nitrogen and oxygen atoms in total. The summed E-state index contributed by atoms with van der Waals surface area (Å²) in [7, 11) is 0. The van der Waals surface area contributed by atoms with Crippen LogP contribution in [0, 0.1) is 6.92 Å². The molecule has 0 aliphatic carbocycles. The van der Waals surface area contributed by atoms with Crippen molar-refractivity contribution in [2.24, 2.45) is 4.99 Å². The standard InChI is InChI=1S/C19H16N2O5S/c1-11-5-6-15(22)14(7-11)20-19-21-18(25)16(27-19)9-12-3-2-4-13(8-12)26-10-17(23)24/h2-9,22H,10H2,1H3,(H,23,24)(H,20,21,25)/b16-9+. The van der Waals surface area contributed by atoms with Gasteiger partial charge in [0, 0.05) is 0 Å². The first-order chi connectivity index (χ1) is 12.9. The van der Waals surface area contributed by atoms with Crippen LogP contribution in [0.2, 0.25) is 0 Å². The number of aryl methyl sites for hydroxylation is 1. The summed E-state index contributed by atoms with van der Waals surface area (Å²) in [6.45, 7) is 1.44. The summed E-state index contributed by atoms with van der Waals surface area (Å²) in [6.07, 6.45) is 1.66. The molecule has 1 saturated heterocycles. The van der Waals surface area contributed by atoms with Crippen molar-refractivity contribution in [2.75, 3.05) is 6.61 Å². The highest BCUT2D eigenvalue weighted by Crippen LogP contribution is 2.32.